The van der Waals surface area contributed by atoms with Crippen LogP contribution < -0.4 is 10.8 Å². The van der Waals surface area contributed by atoms with Crippen LogP contribution in [0.1, 0.15) is 23.7 Å². The summed E-state index contributed by atoms with van der Waals surface area (Å²) < 4.78 is 15.5. The predicted octanol–water partition coefficient (Wildman–Crippen LogP) is 0.808. The molecule has 1 aliphatic rings. The van der Waals surface area contributed by atoms with Crippen LogP contribution in [0.5, 0.6) is 0 Å². The third-order valence-electron chi connectivity index (χ3n) is 4.11. The van der Waals surface area contributed by atoms with Gasteiger partial charge in [-0.1, -0.05) is 11.5 Å². The molecule has 1 aliphatic heterocycles. The van der Waals surface area contributed by atoms with E-state index >= 15 is 0 Å². The van der Waals surface area contributed by atoms with E-state index in [-0.39, 0.29) is 5.46 Å². The van der Waals surface area contributed by atoms with Gasteiger partial charge in [0, 0.05) is 25.0 Å². The van der Waals surface area contributed by atoms with Crippen molar-refractivity contribution in [1.29, 1.82) is 0 Å². The zero-order valence-corrected chi connectivity index (χ0v) is 13.2. The maximum atomic E-state index is 13.5. The molecule has 122 valence electrons. The molecule has 2 heterocycles. The Morgan fingerprint density at radius 1 is 1.33 bits per heavy atom. The lowest BCUT2D eigenvalue weighted by Crippen LogP contribution is -2.33. The fourth-order valence-corrected chi connectivity index (χ4v) is 2.86. The molecule has 1 atom stereocenters. The second kappa shape index (κ2) is 6.47. The SMILES string of the molecule is [B]c1ccc(F)cc1C1C(=O)NC(=O)N1CCCn1cncc1C. The number of urea groups is 1. The lowest BCUT2D eigenvalue weighted by atomic mass is 9.86. The number of halogens is 1. The molecular weight excluding hydrogens is 310 g/mol. The second-order valence-electron chi connectivity index (χ2n) is 5.75. The molecular formula is C16H16BFN4O2. The zero-order chi connectivity index (χ0) is 17.3. The molecule has 1 saturated heterocycles. The number of hydrogen-bond acceptors (Lipinski definition) is 3. The van der Waals surface area contributed by atoms with Crippen LogP contribution in [0.2, 0.25) is 0 Å². The number of carbonyl (C=O) groups is 2. The summed E-state index contributed by atoms with van der Waals surface area (Å²) in [5, 5.41) is 2.27. The maximum absolute atomic E-state index is 13.5. The van der Waals surface area contributed by atoms with Gasteiger partial charge in [-0.3, -0.25) is 10.1 Å². The monoisotopic (exact) mass is 326 g/mol. The van der Waals surface area contributed by atoms with Crippen LogP contribution in [0.4, 0.5) is 9.18 Å². The summed E-state index contributed by atoms with van der Waals surface area (Å²) in [5.74, 6) is -0.989. The zero-order valence-electron chi connectivity index (χ0n) is 13.2. The van der Waals surface area contributed by atoms with E-state index in [1.807, 2.05) is 11.5 Å². The summed E-state index contributed by atoms with van der Waals surface area (Å²) in [7, 11) is 5.87. The number of hydrogen-bond donors (Lipinski definition) is 1. The van der Waals surface area contributed by atoms with Crippen LogP contribution in [0, 0.1) is 12.7 Å². The number of amides is 3. The number of benzene rings is 1. The number of imide groups is 1. The van der Waals surface area contributed by atoms with Crippen LogP contribution in [0.15, 0.2) is 30.7 Å². The van der Waals surface area contributed by atoms with Gasteiger partial charge in [-0.25, -0.2) is 14.2 Å². The lowest BCUT2D eigenvalue weighted by molar-refractivity contribution is -0.121. The number of imidazole rings is 1. The van der Waals surface area contributed by atoms with Crippen molar-refractivity contribution in [3.8, 4) is 0 Å². The number of aromatic nitrogens is 2. The number of nitrogens with one attached hydrogen (secondary N) is 1. The van der Waals surface area contributed by atoms with Crippen LogP contribution >= 0.6 is 0 Å². The molecule has 0 spiro atoms. The van der Waals surface area contributed by atoms with E-state index in [2.05, 4.69) is 10.3 Å². The van der Waals surface area contributed by atoms with E-state index in [1.54, 1.807) is 12.5 Å². The van der Waals surface area contributed by atoms with Gasteiger partial charge in [-0.15, -0.1) is 0 Å². The van der Waals surface area contributed by atoms with Gasteiger partial charge in [-0.2, -0.15) is 0 Å². The summed E-state index contributed by atoms with van der Waals surface area (Å²) in [6.45, 7) is 2.94. The molecule has 1 fully saturated rings. The Morgan fingerprint density at radius 2 is 2.12 bits per heavy atom. The van der Waals surface area contributed by atoms with E-state index in [4.69, 9.17) is 7.85 Å². The first-order valence-electron chi connectivity index (χ1n) is 7.60. The topological polar surface area (TPSA) is 67.2 Å². The Bertz CT molecular complexity index is 792. The number of aryl methyl sites for hydroxylation is 2. The van der Waals surface area contributed by atoms with Gasteiger partial charge in [0.15, 0.2) is 0 Å². The van der Waals surface area contributed by atoms with Crippen molar-refractivity contribution in [2.75, 3.05) is 6.54 Å². The Hall–Kier alpha value is -2.64. The Balaban J connectivity index is 1.77. The van der Waals surface area contributed by atoms with Crippen LogP contribution in [-0.2, 0) is 11.3 Å². The van der Waals surface area contributed by atoms with Crippen molar-refractivity contribution in [2.45, 2.75) is 25.9 Å². The second-order valence-corrected chi connectivity index (χ2v) is 5.75. The molecule has 1 unspecified atom stereocenters. The molecule has 1 N–H and O–H groups in total. The number of nitrogens with zero attached hydrogens (tertiary/aromatic N) is 3. The molecule has 0 bridgehead atoms. The highest BCUT2D eigenvalue weighted by Gasteiger charge is 2.39. The van der Waals surface area contributed by atoms with Gasteiger partial charge in [0.1, 0.15) is 19.7 Å². The Labute approximate surface area is 140 Å². The summed E-state index contributed by atoms with van der Waals surface area (Å²) in [5.41, 5.74) is 1.60. The first-order chi connectivity index (χ1) is 11.5. The minimum absolute atomic E-state index is 0.279. The average Bonchev–Trinajstić information content (AvgIpc) is 3.06. The van der Waals surface area contributed by atoms with Gasteiger partial charge < -0.3 is 9.47 Å². The summed E-state index contributed by atoms with van der Waals surface area (Å²) >= 11 is 0. The minimum Gasteiger partial charge on any atom is -0.335 e. The van der Waals surface area contributed by atoms with Crippen molar-refractivity contribution in [2.24, 2.45) is 0 Å². The van der Waals surface area contributed by atoms with Crippen LogP contribution in [-0.4, -0.2) is 40.8 Å². The fraction of sp³-hybridized carbons (Fsp3) is 0.312. The predicted molar refractivity (Wildman–Crippen MR) is 86.4 cm³/mol. The normalized spacial score (nSPS) is 17.4. The Kier molecular flexibility index (Phi) is 4.37. The smallest absolute Gasteiger partial charge is 0.325 e. The largest absolute Gasteiger partial charge is 0.335 e. The lowest BCUT2D eigenvalue weighted by Gasteiger charge is -2.23. The van der Waals surface area contributed by atoms with Crippen molar-refractivity contribution < 1.29 is 14.0 Å². The molecule has 1 aromatic heterocycles. The molecule has 3 rings (SSSR count). The highest BCUT2D eigenvalue weighted by Crippen LogP contribution is 2.25. The molecule has 6 nitrogen and oxygen atoms in total. The fourth-order valence-electron chi connectivity index (χ4n) is 2.86. The van der Waals surface area contributed by atoms with E-state index < -0.39 is 23.8 Å². The summed E-state index contributed by atoms with van der Waals surface area (Å²) in [6.07, 6.45) is 4.10. The average molecular weight is 326 g/mol. The quantitative estimate of drug-likeness (QED) is 0.653. The van der Waals surface area contributed by atoms with E-state index in [1.165, 1.54) is 23.1 Å². The minimum atomic E-state index is -0.905. The molecule has 3 amide bonds. The Morgan fingerprint density at radius 3 is 2.83 bits per heavy atom. The molecule has 2 radical (unpaired) electrons. The third-order valence-corrected chi connectivity index (χ3v) is 4.11. The maximum Gasteiger partial charge on any atom is 0.325 e. The third kappa shape index (κ3) is 3.04. The van der Waals surface area contributed by atoms with Crippen molar-refractivity contribution in [3.05, 3.63) is 47.8 Å². The molecule has 24 heavy (non-hydrogen) atoms. The highest BCUT2D eigenvalue weighted by molar-refractivity contribution is 6.33. The van der Waals surface area contributed by atoms with Crippen molar-refractivity contribution in [1.82, 2.24) is 19.8 Å². The van der Waals surface area contributed by atoms with Crippen LogP contribution in [0.25, 0.3) is 0 Å². The summed E-state index contributed by atoms with van der Waals surface area (Å²) in [4.78, 5) is 29.6. The van der Waals surface area contributed by atoms with Gasteiger partial charge in [0.2, 0.25) is 0 Å². The standard InChI is InChI=1S/C16H16BFN4O2/c1-10-8-19-9-21(10)5-2-6-22-14(15(23)20-16(22)24)12-7-11(18)3-4-13(12)17/h3-4,7-9,14H,2,5-6H2,1H3,(H,20,23,24). The summed E-state index contributed by atoms with van der Waals surface area (Å²) in [6, 6.07) is 2.42. The molecule has 2 aromatic rings. The van der Waals surface area contributed by atoms with E-state index in [9.17, 15) is 14.0 Å². The van der Waals surface area contributed by atoms with Gasteiger partial charge in [0.05, 0.1) is 6.33 Å². The van der Waals surface area contributed by atoms with E-state index in [0.717, 1.165) is 5.69 Å². The molecule has 1 aromatic carbocycles. The van der Waals surface area contributed by atoms with Crippen LogP contribution in [0.3, 0.4) is 0 Å². The van der Waals surface area contributed by atoms with E-state index in [0.29, 0.717) is 25.1 Å². The van der Waals surface area contributed by atoms with Gasteiger partial charge in [0.25, 0.3) is 5.91 Å². The molecule has 8 heteroatoms. The van der Waals surface area contributed by atoms with Gasteiger partial charge >= 0.3 is 6.03 Å². The number of rotatable bonds is 5. The van der Waals surface area contributed by atoms with Crippen molar-refractivity contribution >= 4 is 25.2 Å². The number of carbonyl (C=O) groups excluding carboxylic acids is 2. The van der Waals surface area contributed by atoms with Crippen molar-refractivity contribution in [3.63, 3.8) is 0 Å². The highest BCUT2D eigenvalue weighted by atomic mass is 19.1. The van der Waals surface area contributed by atoms with Gasteiger partial charge in [-0.05, 0) is 31.0 Å². The first kappa shape index (κ1) is 16.2. The first-order valence-corrected chi connectivity index (χ1v) is 7.60. The molecule has 0 saturated carbocycles. The molecule has 0 aliphatic carbocycles.